The second kappa shape index (κ2) is 3.87. The lowest BCUT2D eigenvalue weighted by atomic mass is 9.46. The molecule has 2 fully saturated rings. The third-order valence-corrected chi connectivity index (χ3v) is 4.28. The lowest BCUT2D eigenvalue weighted by Crippen LogP contribution is -2.49. The van der Waals surface area contributed by atoms with Crippen LogP contribution in [-0.2, 0) is 9.31 Å². The minimum absolute atomic E-state index is 0. The van der Waals surface area contributed by atoms with E-state index in [1.165, 1.54) is 0 Å². The van der Waals surface area contributed by atoms with Gasteiger partial charge in [0.1, 0.15) is 0 Å². The van der Waals surface area contributed by atoms with Gasteiger partial charge in [-0.2, -0.15) is 0 Å². The fourth-order valence-corrected chi connectivity index (χ4v) is 2.46. The first kappa shape index (κ1) is 14.3. The van der Waals surface area contributed by atoms with Crippen molar-refractivity contribution >= 4 is 19.5 Å². The molecule has 0 bridgehead atoms. The zero-order valence-corrected chi connectivity index (χ0v) is 11.7. The molecule has 0 aromatic heterocycles. The summed E-state index contributed by atoms with van der Waals surface area (Å²) < 4.78 is 12.1. The smallest absolute Gasteiger partial charge is 0.403 e. The summed E-state index contributed by atoms with van der Waals surface area (Å²) >= 11 is 0. The average molecular weight is 248 g/mol. The van der Waals surface area contributed by atoms with Crippen LogP contribution < -0.4 is 5.73 Å². The monoisotopic (exact) mass is 247 g/mol. The van der Waals surface area contributed by atoms with E-state index in [2.05, 4.69) is 34.6 Å². The molecule has 2 rings (SSSR count). The van der Waals surface area contributed by atoms with Crippen molar-refractivity contribution in [1.82, 2.24) is 0 Å². The standard InChI is InChI=1S/C11H22BNO2.ClH/c1-9(2)10(3,4)15-12(14-9)11(5)6-8(13)7-11;/h8H,6-7,13H2,1-5H3;1H. The van der Waals surface area contributed by atoms with Crippen LogP contribution in [0.4, 0.5) is 0 Å². The molecule has 5 heteroatoms. The minimum Gasteiger partial charge on any atom is -0.403 e. The molecule has 3 nitrogen and oxygen atoms in total. The van der Waals surface area contributed by atoms with E-state index in [1.54, 1.807) is 0 Å². The van der Waals surface area contributed by atoms with Gasteiger partial charge < -0.3 is 15.0 Å². The van der Waals surface area contributed by atoms with Crippen LogP contribution in [0.15, 0.2) is 0 Å². The molecule has 0 unspecified atom stereocenters. The van der Waals surface area contributed by atoms with Crippen molar-refractivity contribution in [2.24, 2.45) is 5.73 Å². The Labute approximate surface area is 105 Å². The second-order valence-corrected chi connectivity index (χ2v) is 6.41. The van der Waals surface area contributed by atoms with Crippen molar-refractivity contribution in [1.29, 1.82) is 0 Å². The van der Waals surface area contributed by atoms with Crippen molar-refractivity contribution in [3.63, 3.8) is 0 Å². The van der Waals surface area contributed by atoms with Gasteiger partial charge in [-0.05, 0) is 40.5 Å². The summed E-state index contributed by atoms with van der Waals surface area (Å²) in [7, 11) is -0.0951. The molecule has 2 aliphatic rings. The maximum atomic E-state index is 6.04. The first-order chi connectivity index (χ1) is 6.66. The molecule has 0 spiro atoms. The Morgan fingerprint density at radius 1 is 1.00 bits per heavy atom. The lowest BCUT2D eigenvalue weighted by molar-refractivity contribution is 0.00578. The molecule has 0 aromatic carbocycles. The van der Waals surface area contributed by atoms with Gasteiger partial charge in [0.25, 0.3) is 0 Å². The summed E-state index contributed by atoms with van der Waals surface area (Å²) in [5, 5.41) is 0.116. The summed E-state index contributed by atoms with van der Waals surface area (Å²) in [5.41, 5.74) is 5.40. The Morgan fingerprint density at radius 2 is 1.38 bits per heavy atom. The van der Waals surface area contributed by atoms with Crippen molar-refractivity contribution in [2.75, 3.05) is 0 Å². The van der Waals surface area contributed by atoms with Crippen LogP contribution in [0, 0.1) is 0 Å². The maximum absolute atomic E-state index is 6.04. The van der Waals surface area contributed by atoms with Crippen LogP contribution in [0.2, 0.25) is 5.31 Å². The topological polar surface area (TPSA) is 44.5 Å². The van der Waals surface area contributed by atoms with Crippen LogP contribution in [0.25, 0.3) is 0 Å². The van der Waals surface area contributed by atoms with Gasteiger partial charge in [-0.3, -0.25) is 0 Å². The minimum atomic E-state index is -0.222. The predicted octanol–water partition coefficient (Wildman–Crippen LogP) is 2.38. The van der Waals surface area contributed by atoms with E-state index in [0.29, 0.717) is 6.04 Å². The zero-order chi connectivity index (χ0) is 11.5. The maximum Gasteiger partial charge on any atom is 0.464 e. The molecule has 1 saturated carbocycles. The van der Waals surface area contributed by atoms with Crippen molar-refractivity contribution < 1.29 is 9.31 Å². The Kier molecular flexibility index (Phi) is 3.46. The number of hydrogen-bond acceptors (Lipinski definition) is 3. The average Bonchev–Trinajstić information content (AvgIpc) is 2.19. The second-order valence-electron chi connectivity index (χ2n) is 6.41. The van der Waals surface area contributed by atoms with Gasteiger partial charge in [-0.25, -0.2) is 0 Å². The van der Waals surface area contributed by atoms with Gasteiger partial charge in [-0.1, -0.05) is 6.92 Å². The molecule has 16 heavy (non-hydrogen) atoms. The van der Waals surface area contributed by atoms with Gasteiger partial charge in [0.15, 0.2) is 0 Å². The molecule has 0 aromatic rings. The quantitative estimate of drug-likeness (QED) is 0.724. The van der Waals surface area contributed by atoms with E-state index in [-0.39, 0.29) is 36.0 Å². The largest absolute Gasteiger partial charge is 0.464 e. The summed E-state index contributed by atoms with van der Waals surface area (Å²) in [6.45, 7) is 10.6. The van der Waals surface area contributed by atoms with Crippen molar-refractivity contribution in [3.8, 4) is 0 Å². The number of hydrogen-bond donors (Lipinski definition) is 1. The third-order valence-electron chi connectivity index (χ3n) is 4.28. The molecular formula is C11H23BClNO2. The van der Waals surface area contributed by atoms with Gasteiger partial charge in [0, 0.05) is 11.4 Å². The van der Waals surface area contributed by atoms with Crippen molar-refractivity contribution in [3.05, 3.63) is 0 Å². The molecule has 0 amide bonds. The highest BCUT2D eigenvalue weighted by atomic mass is 35.5. The fraction of sp³-hybridized carbons (Fsp3) is 1.00. The lowest BCUT2D eigenvalue weighted by Gasteiger charge is -2.44. The highest BCUT2D eigenvalue weighted by Crippen LogP contribution is 2.54. The third kappa shape index (κ3) is 2.01. The molecule has 1 aliphatic carbocycles. The summed E-state index contributed by atoms with van der Waals surface area (Å²) in [4.78, 5) is 0. The zero-order valence-electron chi connectivity index (χ0n) is 10.9. The number of nitrogens with two attached hydrogens (primary N) is 1. The number of rotatable bonds is 1. The first-order valence-electron chi connectivity index (χ1n) is 5.78. The van der Waals surface area contributed by atoms with Crippen LogP contribution in [0.1, 0.15) is 47.5 Å². The molecule has 1 aliphatic heterocycles. The van der Waals surface area contributed by atoms with Gasteiger partial charge >= 0.3 is 7.12 Å². The van der Waals surface area contributed by atoms with E-state index in [4.69, 9.17) is 15.0 Å². The van der Waals surface area contributed by atoms with E-state index >= 15 is 0 Å². The number of halogens is 1. The molecule has 2 N–H and O–H groups in total. The van der Waals surface area contributed by atoms with Crippen LogP contribution in [-0.4, -0.2) is 24.4 Å². The Hall–Kier alpha value is 0.235. The van der Waals surface area contributed by atoms with Gasteiger partial charge in [0.05, 0.1) is 11.2 Å². The molecule has 0 radical (unpaired) electrons. The molecule has 94 valence electrons. The fourth-order valence-electron chi connectivity index (χ4n) is 2.46. The highest BCUT2D eigenvalue weighted by molar-refractivity contribution is 6.50. The molecule has 1 saturated heterocycles. The van der Waals surface area contributed by atoms with E-state index in [1.807, 2.05) is 0 Å². The van der Waals surface area contributed by atoms with E-state index in [9.17, 15) is 0 Å². The predicted molar refractivity (Wildman–Crippen MR) is 68.9 cm³/mol. The molecular weight excluding hydrogens is 224 g/mol. The molecule has 1 heterocycles. The normalized spacial score (nSPS) is 40.1. The van der Waals surface area contributed by atoms with Crippen molar-refractivity contribution in [2.45, 2.75) is 70.0 Å². The van der Waals surface area contributed by atoms with Crippen LogP contribution in [0.3, 0.4) is 0 Å². The highest BCUT2D eigenvalue weighted by Gasteiger charge is 2.60. The Bertz CT molecular complexity index is 261. The van der Waals surface area contributed by atoms with Crippen LogP contribution >= 0.6 is 12.4 Å². The molecule has 0 atom stereocenters. The van der Waals surface area contributed by atoms with E-state index < -0.39 is 0 Å². The SMILES string of the molecule is CC1(B2OC(C)(C)C(C)(C)O2)CC(N)C1.Cl. The Balaban J connectivity index is 0.00000128. The van der Waals surface area contributed by atoms with Gasteiger partial charge in [0.2, 0.25) is 0 Å². The Morgan fingerprint density at radius 3 is 1.69 bits per heavy atom. The summed E-state index contributed by atoms with van der Waals surface area (Å²) in [6.07, 6.45) is 2.01. The van der Waals surface area contributed by atoms with Crippen LogP contribution in [0.5, 0.6) is 0 Å². The summed E-state index contributed by atoms with van der Waals surface area (Å²) in [6, 6.07) is 0.328. The van der Waals surface area contributed by atoms with Gasteiger partial charge in [-0.15, -0.1) is 12.4 Å². The summed E-state index contributed by atoms with van der Waals surface area (Å²) in [5.74, 6) is 0. The van der Waals surface area contributed by atoms with E-state index in [0.717, 1.165) is 12.8 Å². The first-order valence-corrected chi connectivity index (χ1v) is 5.78.